The van der Waals surface area contributed by atoms with E-state index in [9.17, 15) is 4.79 Å². The van der Waals surface area contributed by atoms with E-state index >= 15 is 0 Å². The first-order chi connectivity index (χ1) is 9.10. The van der Waals surface area contributed by atoms with Gasteiger partial charge in [0.2, 0.25) is 0 Å². The van der Waals surface area contributed by atoms with Gasteiger partial charge in [0.1, 0.15) is 0 Å². The maximum absolute atomic E-state index is 11.9. The van der Waals surface area contributed by atoms with Crippen LogP contribution in [0.5, 0.6) is 0 Å². The van der Waals surface area contributed by atoms with Crippen molar-refractivity contribution >= 4 is 29.2 Å². The summed E-state index contributed by atoms with van der Waals surface area (Å²) in [4.78, 5) is 13.6. The van der Waals surface area contributed by atoms with E-state index < -0.39 is 0 Å². The number of benzene rings is 1. The van der Waals surface area contributed by atoms with Crippen LogP contribution in [-0.4, -0.2) is 35.7 Å². The lowest BCUT2D eigenvalue weighted by molar-refractivity contribution is 0.198. The molecule has 0 radical (unpaired) electrons. The average molecular weight is 303 g/mol. The van der Waals surface area contributed by atoms with E-state index in [1.165, 1.54) is 0 Å². The van der Waals surface area contributed by atoms with E-state index in [-0.39, 0.29) is 18.6 Å². The molecule has 1 aromatic carbocycles. The Bertz CT molecular complexity index is 468. The van der Waals surface area contributed by atoms with Crippen LogP contribution < -0.4 is 5.32 Å². The number of nitrogens with zero attached hydrogens (tertiary/aromatic N) is 1. The summed E-state index contributed by atoms with van der Waals surface area (Å²) in [6.45, 7) is 1.80. The first kappa shape index (κ1) is 14.4. The van der Waals surface area contributed by atoms with Gasteiger partial charge in [-0.2, -0.15) is 0 Å². The van der Waals surface area contributed by atoms with E-state index in [0.29, 0.717) is 29.7 Å². The Morgan fingerprint density at radius 3 is 2.89 bits per heavy atom. The molecular formula is C13H16Cl2N2O2. The minimum atomic E-state index is -0.123. The number of carbonyl (C=O) groups is 1. The number of likely N-dealkylation sites (tertiary alicyclic amines) is 1. The maximum Gasteiger partial charge on any atom is 0.317 e. The van der Waals surface area contributed by atoms with E-state index in [2.05, 4.69) is 5.32 Å². The molecule has 1 heterocycles. The third-order valence-electron chi connectivity index (χ3n) is 3.28. The smallest absolute Gasteiger partial charge is 0.317 e. The van der Waals surface area contributed by atoms with Crippen LogP contribution in [0.1, 0.15) is 12.0 Å². The Kier molecular flexibility index (Phi) is 4.91. The fraction of sp³-hybridized carbons (Fsp3) is 0.462. The van der Waals surface area contributed by atoms with Crippen molar-refractivity contribution in [2.75, 3.05) is 19.7 Å². The molecule has 0 saturated carbocycles. The first-order valence-electron chi connectivity index (χ1n) is 6.17. The van der Waals surface area contributed by atoms with Crippen LogP contribution in [-0.2, 0) is 6.54 Å². The monoisotopic (exact) mass is 302 g/mol. The molecule has 2 amide bonds. The molecule has 0 bridgehead atoms. The molecule has 1 unspecified atom stereocenters. The normalized spacial score (nSPS) is 18.7. The molecule has 1 atom stereocenters. The van der Waals surface area contributed by atoms with Crippen molar-refractivity contribution in [3.8, 4) is 0 Å². The summed E-state index contributed by atoms with van der Waals surface area (Å²) in [5, 5.41) is 13.0. The fourth-order valence-corrected chi connectivity index (χ4v) is 2.59. The number of aliphatic hydroxyl groups excluding tert-OH is 1. The van der Waals surface area contributed by atoms with Crippen LogP contribution in [0.4, 0.5) is 4.79 Å². The minimum absolute atomic E-state index is 0.123. The lowest BCUT2D eigenvalue weighted by Crippen LogP contribution is -2.38. The predicted molar refractivity (Wildman–Crippen MR) is 75.5 cm³/mol. The van der Waals surface area contributed by atoms with Crippen molar-refractivity contribution in [1.29, 1.82) is 0 Å². The Labute approximate surface area is 122 Å². The van der Waals surface area contributed by atoms with E-state index in [0.717, 1.165) is 12.0 Å². The van der Waals surface area contributed by atoms with E-state index in [4.69, 9.17) is 28.3 Å². The number of halogens is 2. The van der Waals surface area contributed by atoms with Crippen molar-refractivity contribution in [2.24, 2.45) is 5.92 Å². The second kappa shape index (κ2) is 6.46. The van der Waals surface area contributed by atoms with Gasteiger partial charge in [0, 0.05) is 42.2 Å². The summed E-state index contributed by atoms with van der Waals surface area (Å²) in [5.74, 6) is 0.199. The molecule has 4 nitrogen and oxygen atoms in total. The number of rotatable bonds is 3. The van der Waals surface area contributed by atoms with Gasteiger partial charge in [0.25, 0.3) is 0 Å². The highest BCUT2D eigenvalue weighted by Crippen LogP contribution is 2.21. The molecular weight excluding hydrogens is 287 g/mol. The lowest BCUT2D eigenvalue weighted by Gasteiger charge is -2.17. The molecule has 2 N–H and O–H groups in total. The Hall–Kier alpha value is -0.970. The van der Waals surface area contributed by atoms with Gasteiger partial charge < -0.3 is 15.3 Å². The highest BCUT2D eigenvalue weighted by atomic mass is 35.5. The third-order valence-corrected chi connectivity index (χ3v) is 3.86. The second-order valence-electron chi connectivity index (χ2n) is 4.68. The van der Waals surface area contributed by atoms with Crippen molar-refractivity contribution in [3.05, 3.63) is 33.8 Å². The maximum atomic E-state index is 11.9. The van der Waals surface area contributed by atoms with Crippen LogP contribution in [0.25, 0.3) is 0 Å². The predicted octanol–water partition coefficient (Wildman–Crippen LogP) is 2.52. The molecule has 1 aliphatic heterocycles. The summed E-state index contributed by atoms with van der Waals surface area (Å²) in [5.41, 5.74) is 0.831. The molecule has 1 aromatic rings. The van der Waals surface area contributed by atoms with Gasteiger partial charge in [-0.15, -0.1) is 0 Å². The fourth-order valence-electron chi connectivity index (χ4n) is 2.11. The van der Waals surface area contributed by atoms with Gasteiger partial charge in [-0.05, 0) is 24.1 Å². The largest absolute Gasteiger partial charge is 0.396 e. The molecule has 6 heteroatoms. The first-order valence-corrected chi connectivity index (χ1v) is 6.93. The number of hydrogen-bond donors (Lipinski definition) is 2. The van der Waals surface area contributed by atoms with Gasteiger partial charge in [0.15, 0.2) is 0 Å². The molecule has 0 spiro atoms. The number of hydrogen-bond acceptors (Lipinski definition) is 2. The van der Waals surface area contributed by atoms with Gasteiger partial charge in [-0.25, -0.2) is 4.79 Å². The Balaban J connectivity index is 1.87. The number of carbonyl (C=O) groups excluding carboxylic acids is 1. The summed E-state index contributed by atoms with van der Waals surface area (Å²) in [6, 6.07) is 5.07. The summed E-state index contributed by atoms with van der Waals surface area (Å²) in [7, 11) is 0. The Morgan fingerprint density at radius 2 is 2.26 bits per heavy atom. The van der Waals surface area contributed by atoms with Crippen LogP contribution >= 0.6 is 23.2 Å². The minimum Gasteiger partial charge on any atom is -0.396 e. The van der Waals surface area contributed by atoms with Crippen LogP contribution in [0, 0.1) is 5.92 Å². The molecule has 19 heavy (non-hydrogen) atoms. The van der Waals surface area contributed by atoms with Crippen LogP contribution in [0.15, 0.2) is 18.2 Å². The zero-order valence-electron chi connectivity index (χ0n) is 10.4. The number of aliphatic hydroxyl groups is 1. The van der Waals surface area contributed by atoms with Gasteiger partial charge in [0.05, 0.1) is 0 Å². The number of amides is 2. The SMILES string of the molecule is O=C(NCc1ccc(Cl)cc1Cl)N1CCC(CO)C1. The number of urea groups is 1. The lowest BCUT2D eigenvalue weighted by atomic mass is 10.1. The second-order valence-corrected chi connectivity index (χ2v) is 5.52. The molecule has 0 aliphatic carbocycles. The topological polar surface area (TPSA) is 52.6 Å². The van der Waals surface area contributed by atoms with Crippen molar-refractivity contribution < 1.29 is 9.90 Å². The quantitative estimate of drug-likeness (QED) is 0.901. The van der Waals surface area contributed by atoms with Crippen molar-refractivity contribution in [1.82, 2.24) is 10.2 Å². The van der Waals surface area contributed by atoms with Crippen LogP contribution in [0.2, 0.25) is 10.0 Å². The molecule has 1 fully saturated rings. The zero-order valence-corrected chi connectivity index (χ0v) is 11.9. The third kappa shape index (κ3) is 3.75. The summed E-state index contributed by atoms with van der Waals surface area (Å²) < 4.78 is 0. The van der Waals surface area contributed by atoms with Gasteiger partial charge >= 0.3 is 6.03 Å². The molecule has 0 aromatic heterocycles. The van der Waals surface area contributed by atoms with Crippen molar-refractivity contribution in [2.45, 2.75) is 13.0 Å². The standard InChI is InChI=1S/C13H16Cl2N2O2/c14-11-2-1-10(12(15)5-11)6-16-13(19)17-4-3-9(7-17)8-18/h1-2,5,9,18H,3-4,6-8H2,(H,16,19). The Morgan fingerprint density at radius 1 is 1.47 bits per heavy atom. The number of nitrogens with one attached hydrogen (secondary N) is 1. The van der Waals surface area contributed by atoms with Gasteiger partial charge in [-0.1, -0.05) is 29.3 Å². The van der Waals surface area contributed by atoms with E-state index in [1.54, 1.807) is 23.1 Å². The molecule has 1 aliphatic rings. The summed E-state index contributed by atoms with van der Waals surface area (Å²) >= 11 is 11.8. The zero-order chi connectivity index (χ0) is 13.8. The van der Waals surface area contributed by atoms with Crippen molar-refractivity contribution in [3.63, 3.8) is 0 Å². The average Bonchev–Trinajstić information content (AvgIpc) is 2.86. The van der Waals surface area contributed by atoms with Gasteiger partial charge in [-0.3, -0.25) is 0 Å². The molecule has 1 saturated heterocycles. The highest BCUT2D eigenvalue weighted by molar-refractivity contribution is 6.35. The van der Waals surface area contributed by atoms with Crippen LogP contribution in [0.3, 0.4) is 0 Å². The highest BCUT2D eigenvalue weighted by Gasteiger charge is 2.25. The molecule has 2 rings (SSSR count). The van der Waals surface area contributed by atoms with E-state index in [1.807, 2.05) is 0 Å². The molecule has 104 valence electrons. The summed E-state index contributed by atoms with van der Waals surface area (Å²) in [6.07, 6.45) is 0.853.